The van der Waals surface area contributed by atoms with Crippen molar-refractivity contribution in [2.24, 2.45) is 0 Å². The van der Waals surface area contributed by atoms with Gasteiger partial charge in [0.05, 0.1) is 18.3 Å². The molecular formula is C6H6BrF2N3O. The molecule has 0 aliphatic rings. The summed E-state index contributed by atoms with van der Waals surface area (Å²) in [5.74, 6) is -0.590. The molecule has 0 unspecified atom stereocenters. The molecule has 0 aliphatic carbocycles. The summed E-state index contributed by atoms with van der Waals surface area (Å²) in [6, 6.07) is 0. The first-order chi connectivity index (χ1) is 5.99. The standard InChI is InChI=1S/C6H6BrF2N3O/c7-6(8,9)3-10-5(13)4-1-11-12-2-4/h1-2H,3H2,(H,10,13)(H,11,12). The van der Waals surface area contributed by atoms with E-state index in [0.29, 0.717) is 0 Å². The van der Waals surface area contributed by atoms with Crippen LogP contribution in [0.25, 0.3) is 0 Å². The average Bonchev–Trinajstić information content (AvgIpc) is 2.50. The Hall–Kier alpha value is -0.980. The van der Waals surface area contributed by atoms with E-state index in [-0.39, 0.29) is 5.56 Å². The number of amides is 1. The summed E-state index contributed by atoms with van der Waals surface area (Å²) in [4.78, 5) is 7.95. The number of aromatic amines is 1. The highest BCUT2D eigenvalue weighted by molar-refractivity contribution is 9.10. The van der Waals surface area contributed by atoms with Crippen LogP contribution in [0.4, 0.5) is 8.78 Å². The molecule has 0 saturated heterocycles. The van der Waals surface area contributed by atoms with E-state index in [4.69, 9.17) is 0 Å². The van der Waals surface area contributed by atoms with E-state index in [2.05, 4.69) is 26.1 Å². The highest BCUT2D eigenvalue weighted by Crippen LogP contribution is 2.19. The van der Waals surface area contributed by atoms with E-state index >= 15 is 0 Å². The molecule has 13 heavy (non-hydrogen) atoms. The number of hydrogen-bond acceptors (Lipinski definition) is 2. The first-order valence-corrected chi connectivity index (χ1v) is 4.12. The molecule has 0 radical (unpaired) electrons. The van der Waals surface area contributed by atoms with Crippen LogP contribution < -0.4 is 5.32 Å². The topological polar surface area (TPSA) is 57.8 Å². The van der Waals surface area contributed by atoms with E-state index in [1.54, 1.807) is 0 Å². The highest BCUT2D eigenvalue weighted by Gasteiger charge is 2.24. The van der Waals surface area contributed by atoms with Gasteiger partial charge in [-0.15, -0.1) is 0 Å². The molecule has 7 heteroatoms. The van der Waals surface area contributed by atoms with Gasteiger partial charge in [-0.05, 0) is 15.9 Å². The van der Waals surface area contributed by atoms with Crippen molar-refractivity contribution in [3.8, 4) is 0 Å². The summed E-state index contributed by atoms with van der Waals surface area (Å²) < 4.78 is 24.4. The Kier molecular flexibility index (Phi) is 2.97. The maximum Gasteiger partial charge on any atom is 0.318 e. The fraction of sp³-hybridized carbons (Fsp3) is 0.333. The summed E-state index contributed by atoms with van der Waals surface area (Å²) in [6.07, 6.45) is 2.57. The molecule has 0 fully saturated rings. The van der Waals surface area contributed by atoms with Crippen LogP contribution >= 0.6 is 15.9 Å². The second-order valence-corrected chi connectivity index (χ2v) is 3.45. The second kappa shape index (κ2) is 3.82. The lowest BCUT2D eigenvalue weighted by Gasteiger charge is -2.08. The lowest BCUT2D eigenvalue weighted by molar-refractivity contribution is 0.0835. The molecule has 4 nitrogen and oxygen atoms in total. The molecule has 72 valence electrons. The molecule has 2 N–H and O–H groups in total. The molecule has 0 aromatic carbocycles. The first-order valence-electron chi connectivity index (χ1n) is 3.33. The predicted octanol–water partition coefficient (Wildman–Crippen LogP) is 1.13. The Morgan fingerprint density at radius 2 is 2.46 bits per heavy atom. The van der Waals surface area contributed by atoms with Crippen molar-refractivity contribution in [3.05, 3.63) is 18.0 Å². The summed E-state index contributed by atoms with van der Waals surface area (Å²) in [5, 5.41) is 7.93. The lowest BCUT2D eigenvalue weighted by Crippen LogP contribution is -2.32. The zero-order chi connectivity index (χ0) is 9.90. The minimum absolute atomic E-state index is 0.219. The number of hydrogen-bond donors (Lipinski definition) is 2. The number of halogens is 3. The summed E-state index contributed by atoms with van der Waals surface area (Å²) in [7, 11) is 0. The van der Waals surface area contributed by atoms with Crippen molar-refractivity contribution in [2.75, 3.05) is 6.54 Å². The number of nitrogens with zero attached hydrogens (tertiary/aromatic N) is 1. The Morgan fingerprint density at radius 1 is 1.77 bits per heavy atom. The third kappa shape index (κ3) is 3.49. The van der Waals surface area contributed by atoms with Crippen molar-refractivity contribution in [1.29, 1.82) is 0 Å². The molecule has 0 spiro atoms. The van der Waals surface area contributed by atoms with Gasteiger partial charge in [0.2, 0.25) is 0 Å². The van der Waals surface area contributed by atoms with Gasteiger partial charge in [-0.25, -0.2) is 0 Å². The van der Waals surface area contributed by atoms with Gasteiger partial charge >= 0.3 is 4.83 Å². The van der Waals surface area contributed by atoms with Crippen molar-refractivity contribution in [1.82, 2.24) is 15.5 Å². The predicted molar refractivity (Wildman–Crippen MR) is 44.8 cm³/mol. The van der Waals surface area contributed by atoms with E-state index in [0.717, 1.165) is 0 Å². The average molecular weight is 254 g/mol. The van der Waals surface area contributed by atoms with Gasteiger partial charge in [0.15, 0.2) is 0 Å². The normalized spacial score (nSPS) is 11.3. The maximum atomic E-state index is 12.2. The number of carbonyl (C=O) groups is 1. The van der Waals surface area contributed by atoms with Crippen molar-refractivity contribution >= 4 is 21.8 Å². The van der Waals surface area contributed by atoms with Crippen molar-refractivity contribution in [2.45, 2.75) is 4.83 Å². The molecule has 1 heterocycles. The van der Waals surface area contributed by atoms with Crippen LogP contribution in [0.2, 0.25) is 0 Å². The van der Waals surface area contributed by atoms with Gasteiger partial charge in [0, 0.05) is 6.20 Å². The van der Waals surface area contributed by atoms with Gasteiger partial charge in [-0.2, -0.15) is 13.9 Å². The molecule has 1 aromatic heterocycles. The number of carbonyl (C=O) groups excluding carboxylic acids is 1. The van der Waals surface area contributed by atoms with Gasteiger partial charge in [0.25, 0.3) is 5.91 Å². The monoisotopic (exact) mass is 253 g/mol. The Labute approximate surface area is 80.8 Å². The van der Waals surface area contributed by atoms with Crippen LogP contribution in [-0.4, -0.2) is 27.5 Å². The molecule has 0 saturated carbocycles. The number of H-pyrrole nitrogens is 1. The first kappa shape index (κ1) is 10.1. The smallest absolute Gasteiger partial charge is 0.318 e. The number of aromatic nitrogens is 2. The zero-order valence-electron chi connectivity index (χ0n) is 6.35. The van der Waals surface area contributed by atoms with Crippen LogP contribution in [-0.2, 0) is 0 Å². The third-order valence-electron chi connectivity index (χ3n) is 1.21. The van der Waals surface area contributed by atoms with E-state index < -0.39 is 17.3 Å². The number of alkyl halides is 3. The van der Waals surface area contributed by atoms with Gasteiger partial charge < -0.3 is 5.32 Å². The van der Waals surface area contributed by atoms with Gasteiger partial charge in [-0.1, -0.05) is 0 Å². The van der Waals surface area contributed by atoms with Crippen LogP contribution in [0, 0.1) is 0 Å². The lowest BCUT2D eigenvalue weighted by atomic mass is 10.3. The zero-order valence-corrected chi connectivity index (χ0v) is 7.94. The molecule has 0 atom stereocenters. The number of nitrogens with one attached hydrogen (secondary N) is 2. The molecule has 1 aromatic rings. The molecule has 0 aliphatic heterocycles. The van der Waals surface area contributed by atoms with Crippen molar-refractivity contribution in [3.63, 3.8) is 0 Å². The van der Waals surface area contributed by atoms with Crippen LogP contribution in [0.3, 0.4) is 0 Å². The maximum absolute atomic E-state index is 12.2. The Morgan fingerprint density at radius 3 is 2.92 bits per heavy atom. The van der Waals surface area contributed by atoms with Crippen LogP contribution in [0.5, 0.6) is 0 Å². The summed E-state index contributed by atoms with van der Waals surface area (Å²) >= 11 is 2.10. The summed E-state index contributed by atoms with van der Waals surface area (Å²) in [5.41, 5.74) is 0.219. The fourth-order valence-corrected chi connectivity index (χ4v) is 0.798. The van der Waals surface area contributed by atoms with Gasteiger partial charge in [0.1, 0.15) is 0 Å². The van der Waals surface area contributed by atoms with E-state index in [1.165, 1.54) is 12.4 Å². The van der Waals surface area contributed by atoms with Gasteiger partial charge in [-0.3, -0.25) is 9.89 Å². The molecular weight excluding hydrogens is 248 g/mol. The van der Waals surface area contributed by atoms with E-state index in [1.807, 2.05) is 5.32 Å². The Bertz CT molecular complexity index is 283. The minimum atomic E-state index is -3.08. The fourth-order valence-electron chi connectivity index (χ4n) is 0.658. The Balaban J connectivity index is 2.44. The SMILES string of the molecule is O=C(NCC(F)(F)Br)c1cn[nH]c1. The highest BCUT2D eigenvalue weighted by atomic mass is 79.9. The second-order valence-electron chi connectivity index (χ2n) is 2.28. The van der Waals surface area contributed by atoms with Crippen LogP contribution in [0.15, 0.2) is 12.4 Å². The molecule has 1 amide bonds. The molecule has 0 bridgehead atoms. The molecule has 1 rings (SSSR count). The number of rotatable bonds is 3. The quantitative estimate of drug-likeness (QED) is 0.794. The summed E-state index contributed by atoms with van der Waals surface area (Å²) in [6.45, 7) is -0.753. The van der Waals surface area contributed by atoms with Crippen molar-refractivity contribution < 1.29 is 13.6 Å². The minimum Gasteiger partial charge on any atom is -0.345 e. The van der Waals surface area contributed by atoms with Crippen LogP contribution in [0.1, 0.15) is 10.4 Å². The largest absolute Gasteiger partial charge is 0.345 e. The van der Waals surface area contributed by atoms with E-state index in [9.17, 15) is 13.6 Å². The third-order valence-corrected chi connectivity index (χ3v) is 1.49.